The second kappa shape index (κ2) is 10.1. The van der Waals surface area contributed by atoms with Crippen LogP contribution in [0.3, 0.4) is 0 Å². The van der Waals surface area contributed by atoms with Gasteiger partial charge >= 0.3 is 5.69 Å². The van der Waals surface area contributed by atoms with Gasteiger partial charge in [-0.2, -0.15) is 8.96 Å². The average molecular weight is 470 g/mol. The van der Waals surface area contributed by atoms with Gasteiger partial charge in [0.15, 0.2) is 0 Å². The van der Waals surface area contributed by atoms with Crippen molar-refractivity contribution in [2.24, 2.45) is 11.7 Å². The van der Waals surface area contributed by atoms with Crippen LogP contribution in [0.15, 0.2) is 40.1 Å². The van der Waals surface area contributed by atoms with Crippen molar-refractivity contribution in [1.29, 1.82) is 0 Å². The predicted molar refractivity (Wildman–Crippen MR) is 114 cm³/mol. The van der Waals surface area contributed by atoms with E-state index in [9.17, 15) is 23.9 Å². The number of nitrogens with zero attached hydrogens (tertiary/aromatic N) is 2. The highest BCUT2D eigenvalue weighted by Gasteiger charge is 2.38. The van der Waals surface area contributed by atoms with Crippen LogP contribution in [0.1, 0.15) is 36.9 Å². The molecule has 11 heteroatoms. The number of hydrogen-bond acceptors (Lipinski definition) is 7. The summed E-state index contributed by atoms with van der Waals surface area (Å²) in [6.07, 6.45) is -1.70. The molecule has 1 saturated heterocycles. The number of nitrogens with two attached hydrogens (primary N) is 1. The Morgan fingerprint density at radius 2 is 2.00 bits per heavy atom. The van der Waals surface area contributed by atoms with Gasteiger partial charge < -0.3 is 20.3 Å². The Hall–Kier alpha value is -2.37. The quantitative estimate of drug-likeness (QED) is 0.625. The van der Waals surface area contributed by atoms with Gasteiger partial charge in [0.2, 0.25) is 5.82 Å². The van der Waals surface area contributed by atoms with E-state index < -0.39 is 54.1 Å². The lowest BCUT2D eigenvalue weighted by atomic mass is 10.1. The number of aliphatic hydroxyl groups is 1. The maximum Gasteiger partial charge on any atom is 0.340 e. The summed E-state index contributed by atoms with van der Waals surface area (Å²) in [6.45, 7) is 3.06. The van der Waals surface area contributed by atoms with Crippen molar-refractivity contribution in [2.75, 3.05) is 6.61 Å². The molecule has 2 aromatic rings. The van der Waals surface area contributed by atoms with Crippen molar-refractivity contribution in [1.82, 2.24) is 9.13 Å². The number of ether oxygens (including phenoxy) is 2. The fourth-order valence-electron chi connectivity index (χ4n) is 3.37. The molecule has 1 aromatic heterocycles. The van der Waals surface area contributed by atoms with Gasteiger partial charge in [0.25, 0.3) is 11.5 Å². The van der Waals surface area contributed by atoms with Gasteiger partial charge in [-0.15, -0.1) is 0 Å². The van der Waals surface area contributed by atoms with Crippen LogP contribution in [0.4, 0.5) is 4.39 Å². The number of halogens is 2. The van der Waals surface area contributed by atoms with Crippen molar-refractivity contribution in [3.8, 4) is 0 Å². The Morgan fingerprint density at radius 3 is 2.59 bits per heavy atom. The van der Waals surface area contributed by atoms with Crippen LogP contribution in [-0.4, -0.2) is 45.0 Å². The first-order valence-corrected chi connectivity index (χ1v) is 10.5. The van der Waals surface area contributed by atoms with Gasteiger partial charge in [0.1, 0.15) is 12.3 Å². The topological polar surface area (TPSA) is 126 Å². The Balaban J connectivity index is 1.86. The molecule has 1 fully saturated rings. The van der Waals surface area contributed by atoms with E-state index in [1.54, 1.807) is 38.1 Å². The molecule has 9 nitrogen and oxygen atoms in total. The zero-order valence-corrected chi connectivity index (χ0v) is 18.4. The number of benzene rings is 1. The third-order valence-corrected chi connectivity index (χ3v) is 5.60. The molecule has 32 heavy (non-hydrogen) atoms. The van der Waals surface area contributed by atoms with E-state index in [-0.39, 0.29) is 23.5 Å². The molecule has 1 aliphatic rings. The minimum Gasteiger partial charge on any atom is -0.394 e. The van der Waals surface area contributed by atoms with E-state index in [1.807, 2.05) is 0 Å². The monoisotopic (exact) mass is 469 g/mol. The molecule has 0 bridgehead atoms. The highest BCUT2D eigenvalue weighted by Crippen LogP contribution is 2.30. The summed E-state index contributed by atoms with van der Waals surface area (Å²) < 4.78 is 26.9. The van der Waals surface area contributed by atoms with Gasteiger partial charge in [-0.1, -0.05) is 37.6 Å². The Kier molecular flexibility index (Phi) is 7.63. The van der Waals surface area contributed by atoms with Gasteiger partial charge in [0, 0.05) is 11.4 Å². The molecule has 1 aliphatic heterocycles. The maximum atomic E-state index is 14.3. The minimum absolute atomic E-state index is 0.0841. The molecule has 0 unspecified atom stereocenters. The highest BCUT2D eigenvalue weighted by atomic mass is 35.5. The lowest BCUT2D eigenvalue weighted by molar-refractivity contribution is -0.0661. The second-order valence-electron chi connectivity index (χ2n) is 7.94. The normalized spacial score (nSPS) is 21.8. The van der Waals surface area contributed by atoms with E-state index in [1.165, 1.54) is 0 Å². The Bertz CT molecular complexity index is 1080. The lowest BCUT2D eigenvalue weighted by Gasteiger charge is -2.18. The van der Waals surface area contributed by atoms with Crippen molar-refractivity contribution in [3.63, 3.8) is 0 Å². The third-order valence-electron chi connectivity index (χ3n) is 5.34. The molecule has 0 spiro atoms. The molecule has 2 heterocycles. The van der Waals surface area contributed by atoms with Crippen LogP contribution in [0.5, 0.6) is 0 Å². The molecular formula is C21H25ClFN3O6. The molecule has 3 rings (SSSR count). The summed E-state index contributed by atoms with van der Waals surface area (Å²) in [7, 11) is 0. The third kappa shape index (κ3) is 5.00. The summed E-state index contributed by atoms with van der Waals surface area (Å²) in [6, 6.07) is 5.82. The second-order valence-corrected chi connectivity index (χ2v) is 8.38. The molecule has 0 radical (unpaired) electrons. The summed E-state index contributed by atoms with van der Waals surface area (Å²) >= 11 is 5.87. The number of carbonyl (C=O) groups excluding carboxylic acids is 1. The summed E-state index contributed by atoms with van der Waals surface area (Å²) in [5, 5.41) is 10.2. The molecule has 0 saturated carbocycles. The molecule has 0 aliphatic carbocycles. The van der Waals surface area contributed by atoms with Crippen LogP contribution < -0.4 is 17.0 Å². The first kappa shape index (κ1) is 24.3. The van der Waals surface area contributed by atoms with Crippen LogP contribution in [0.25, 0.3) is 0 Å². The van der Waals surface area contributed by atoms with Gasteiger partial charge in [-0.25, -0.2) is 4.79 Å². The largest absolute Gasteiger partial charge is 0.394 e. The van der Waals surface area contributed by atoms with Gasteiger partial charge in [-0.05, 0) is 23.6 Å². The Morgan fingerprint density at radius 1 is 1.34 bits per heavy atom. The zero-order chi connectivity index (χ0) is 23.6. The van der Waals surface area contributed by atoms with Crippen molar-refractivity contribution < 1.29 is 23.8 Å². The number of aromatic nitrogens is 2. The summed E-state index contributed by atoms with van der Waals surface area (Å²) in [4.78, 5) is 37.6. The van der Waals surface area contributed by atoms with Crippen LogP contribution >= 0.6 is 11.6 Å². The smallest absolute Gasteiger partial charge is 0.340 e. The van der Waals surface area contributed by atoms with Gasteiger partial charge in [0.05, 0.1) is 31.6 Å². The van der Waals surface area contributed by atoms with Crippen molar-refractivity contribution in [3.05, 3.63) is 67.7 Å². The van der Waals surface area contributed by atoms with Crippen molar-refractivity contribution >= 4 is 17.5 Å². The maximum absolute atomic E-state index is 14.3. The standard InChI is InChI=1S/C21H25ClFN3O6/c1-11(2)18(24)20(29)26-19(28)14(23)8-25(21(26)30)17-7-15(16(9-27)32-17)31-10-12-3-5-13(22)6-4-12/h3-6,8,11,15-18,27H,7,9-10,24H2,1-2H3/t15-,16+,17+,18-/m0/s1. The first-order valence-electron chi connectivity index (χ1n) is 10.1. The summed E-state index contributed by atoms with van der Waals surface area (Å²) in [5.41, 5.74) is 4.17. The first-order chi connectivity index (χ1) is 15.1. The van der Waals surface area contributed by atoms with Crippen LogP contribution in [0, 0.1) is 11.7 Å². The van der Waals surface area contributed by atoms with E-state index in [0.29, 0.717) is 11.2 Å². The van der Waals surface area contributed by atoms with E-state index in [4.69, 9.17) is 26.8 Å². The number of carbonyl (C=O) groups is 1. The molecule has 4 atom stereocenters. The van der Waals surface area contributed by atoms with Crippen molar-refractivity contribution in [2.45, 2.75) is 51.4 Å². The average Bonchev–Trinajstić information content (AvgIpc) is 3.18. The molecular weight excluding hydrogens is 445 g/mol. The van der Waals surface area contributed by atoms with Crippen LogP contribution in [-0.2, 0) is 16.1 Å². The van der Waals surface area contributed by atoms with Crippen LogP contribution in [0.2, 0.25) is 5.02 Å². The Labute approximate surface area is 188 Å². The number of aliphatic hydroxyl groups excluding tert-OH is 1. The van der Waals surface area contributed by atoms with E-state index in [0.717, 1.165) is 10.1 Å². The number of rotatable bonds is 7. The number of hydrogen-bond donors (Lipinski definition) is 2. The molecule has 0 amide bonds. The van der Waals surface area contributed by atoms with Gasteiger partial charge in [-0.3, -0.25) is 14.2 Å². The zero-order valence-electron chi connectivity index (χ0n) is 17.6. The van der Waals surface area contributed by atoms with E-state index in [2.05, 4.69) is 0 Å². The minimum atomic E-state index is -1.38. The molecule has 1 aromatic carbocycles. The molecule has 174 valence electrons. The molecule has 3 N–H and O–H groups in total. The summed E-state index contributed by atoms with van der Waals surface area (Å²) in [5.74, 6) is -2.68. The lowest BCUT2D eigenvalue weighted by Crippen LogP contribution is -2.52. The highest BCUT2D eigenvalue weighted by molar-refractivity contribution is 6.30. The fraction of sp³-hybridized carbons (Fsp3) is 0.476. The fourth-order valence-corrected chi connectivity index (χ4v) is 3.50. The van der Waals surface area contributed by atoms with E-state index >= 15 is 0 Å². The predicted octanol–water partition coefficient (Wildman–Crippen LogP) is 1.29. The SMILES string of the molecule is CC(C)[C@H](N)C(=O)n1c(=O)c(F)cn([C@H]2C[C@H](OCc3ccc(Cl)cc3)[C@@H](CO)O2)c1=O.